The van der Waals surface area contributed by atoms with Crippen LogP contribution in [0.3, 0.4) is 0 Å². The fraction of sp³-hybridized carbons (Fsp3) is 0.294. The Morgan fingerprint density at radius 2 is 1.58 bits per heavy atom. The molecule has 0 spiro atoms. The maximum Gasteiger partial charge on any atom is 0.0606 e. The van der Waals surface area contributed by atoms with E-state index in [4.69, 9.17) is 5.73 Å². The van der Waals surface area contributed by atoms with Crippen molar-refractivity contribution in [3.05, 3.63) is 58.1 Å². The molecule has 3 N–H and O–H groups in total. The van der Waals surface area contributed by atoms with Gasteiger partial charge in [0, 0.05) is 6.54 Å². The van der Waals surface area contributed by atoms with Crippen LogP contribution in [0.2, 0.25) is 0 Å². The summed E-state index contributed by atoms with van der Waals surface area (Å²) in [6, 6.07) is 10.5. The Morgan fingerprint density at radius 3 is 2.16 bits per heavy atom. The highest BCUT2D eigenvalue weighted by molar-refractivity contribution is 5.70. The van der Waals surface area contributed by atoms with Gasteiger partial charge in [0.15, 0.2) is 0 Å². The van der Waals surface area contributed by atoms with Crippen molar-refractivity contribution in [1.82, 2.24) is 0 Å². The average Bonchev–Trinajstić information content (AvgIpc) is 2.31. The highest BCUT2D eigenvalue weighted by Gasteiger charge is 2.06. The minimum Gasteiger partial charge on any atom is -0.397 e. The van der Waals surface area contributed by atoms with Gasteiger partial charge in [0.05, 0.1) is 11.4 Å². The van der Waals surface area contributed by atoms with Gasteiger partial charge in [-0.05, 0) is 56.0 Å². The van der Waals surface area contributed by atoms with Gasteiger partial charge in [0.1, 0.15) is 0 Å². The number of para-hydroxylation sites is 1. The van der Waals surface area contributed by atoms with Crippen molar-refractivity contribution in [3.8, 4) is 0 Å². The number of nitrogens with two attached hydrogens (primary N) is 1. The summed E-state index contributed by atoms with van der Waals surface area (Å²) in [6.45, 7) is 9.35. The first kappa shape index (κ1) is 13.5. The first-order valence-electron chi connectivity index (χ1n) is 6.64. The van der Waals surface area contributed by atoms with Crippen LogP contribution in [0.1, 0.15) is 27.8 Å². The molecule has 0 atom stereocenters. The lowest BCUT2D eigenvalue weighted by atomic mass is 9.99. The van der Waals surface area contributed by atoms with Crippen LogP contribution in [0.25, 0.3) is 0 Å². The van der Waals surface area contributed by atoms with Gasteiger partial charge < -0.3 is 11.1 Å². The SMILES string of the molecule is Cc1cc(C)c(CNc2c(C)cccc2N)c(C)c1. The molecule has 0 aromatic heterocycles. The van der Waals surface area contributed by atoms with E-state index in [1.54, 1.807) is 0 Å². The molecule has 0 aliphatic rings. The third-order valence-corrected chi connectivity index (χ3v) is 3.59. The van der Waals surface area contributed by atoms with E-state index in [0.717, 1.165) is 17.9 Å². The van der Waals surface area contributed by atoms with Gasteiger partial charge in [-0.15, -0.1) is 0 Å². The topological polar surface area (TPSA) is 38.0 Å². The van der Waals surface area contributed by atoms with Gasteiger partial charge in [-0.2, -0.15) is 0 Å². The molecule has 0 bridgehead atoms. The second kappa shape index (κ2) is 5.35. The summed E-state index contributed by atoms with van der Waals surface area (Å²) in [7, 11) is 0. The molecule has 2 aromatic carbocycles. The predicted octanol–water partition coefficient (Wildman–Crippen LogP) is 4.11. The van der Waals surface area contributed by atoms with Gasteiger partial charge in [-0.1, -0.05) is 29.8 Å². The van der Waals surface area contributed by atoms with Crippen molar-refractivity contribution in [3.63, 3.8) is 0 Å². The lowest BCUT2D eigenvalue weighted by Crippen LogP contribution is -2.07. The first-order valence-corrected chi connectivity index (χ1v) is 6.64. The fourth-order valence-corrected chi connectivity index (χ4v) is 2.60. The second-order valence-corrected chi connectivity index (χ2v) is 5.27. The summed E-state index contributed by atoms with van der Waals surface area (Å²) >= 11 is 0. The fourth-order valence-electron chi connectivity index (χ4n) is 2.60. The zero-order chi connectivity index (χ0) is 14.0. The average molecular weight is 254 g/mol. The summed E-state index contributed by atoms with van der Waals surface area (Å²) in [5.74, 6) is 0. The van der Waals surface area contributed by atoms with E-state index >= 15 is 0 Å². The molecule has 0 amide bonds. The highest BCUT2D eigenvalue weighted by Crippen LogP contribution is 2.24. The largest absolute Gasteiger partial charge is 0.397 e. The lowest BCUT2D eigenvalue weighted by Gasteiger charge is -2.16. The third kappa shape index (κ3) is 2.90. The van der Waals surface area contributed by atoms with E-state index in [9.17, 15) is 0 Å². The van der Waals surface area contributed by atoms with Gasteiger partial charge in [-0.3, -0.25) is 0 Å². The highest BCUT2D eigenvalue weighted by atomic mass is 14.9. The van der Waals surface area contributed by atoms with Crippen LogP contribution < -0.4 is 11.1 Å². The Labute approximate surface area is 115 Å². The Hall–Kier alpha value is -1.96. The van der Waals surface area contributed by atoms with E-state index in [2.05, 4.69) is 51.2 Å². The van der Waals surface area contributed by atoms with Crippen LogP contribution in [0, 0.1) is 27.7 Å². The molecular formula is C17H22N2. The molecule has 2 rings (SSSR count). The molecule has 0 radical (unpaired) electrons. The van der Waals surface area contributed by atoms with Crippen LogP contribution >= 0.6 is 0 Å². The zero-order valence-electron chi connectivity index (χ0n) is 12.2. The van der Waals surface area contributed by atoms with Gasteiger partial charge in [0.2, 0.25) is 0 Å². The van der Waals surface area contributed by atoms with Crippen molar-refractivity contribution in [1.29, 1.82) is 0 Å². The summed E-state index contributed by atoms with van der Waals surface area (Å²) in [4.78, 5) is 0. The molecule has 0 saturated heterocycles. The molecule has 19 heavy (non-hydrogen) atoms. The number of anilines is 2. The van der Waals surface area contributed by atoms with E-state index in [1.807, 2.05) is 12.1 Å². The van der Waals surface area contributed by atoms with Crippen LogP contribution in [0.15, 0.2) is 30.3 Å². The van der Waals surface area contributed by atoms with Crippen molar-refractivity contribution < 1.29 is 0 Å². The maximum atomic E-state index is 6.02. The molecule has 0 saturated carbocycles. The normalized spacial score (nSPS) is 10.5. The Morgan fingerprint density at radius 1 is 0.947 bits per heavy atom. The predicted molar refractivity (Wildman–Crippen MR) is 83.6 cm³/mol. The summed E-state index contributed by atoms with van der Waals surface area (Å²) in [5, 5.41) is 3.47. The molecule has 0 heterocycles. The number of benzene rings is 2. The van der Waals surface area contributed by atoms with Gasteiger partial charge in [0.25, 0.3) is 0 Å². The molecule has 0 fully saturated rings. The summed E-state index contributed by atoms with van der Waals surface area (Å²) < 4.78 is 0. The molecule has 2 heteroatoms. The van der Waals surface area contributed by atoms with Crippen molar-refractivity contribution >= 4 is 11.4 Å². The van der Waals surface area contributed by atoms with Gasteiger partial charge >= 0.3 is 0 Å². The zero-order valence-corrected chi connectivity index (χ0v) is 12.2. The quantitative estimate of drug-likeness (QED) is 0.809. The van der Waals surface area contributed by atoms with Crippen LogP contribution in [0.4, 0.5) is 11.4 Å². The number of nitrogen functional groups attached to an aromatic ring is 1. The Bertz CT molecular complexity index is 557. The second-order valence-electron chi connectivity index (χ2n) is 5.27. The molecule has 0 unspecified atom stereocenters. The number of hydrogen-bond acceptors (Lipinski definition) is 2. The molecule has 2 aromatic rings. The number of nitrogens with one attached hydrogen (secondary N) is 1. The minimum atomic E-state index is 0.808. The van der Waals surface area contributed by atoms with Crippen molar-refractivity contribution in [2.45, 2.75) is 34.2 Å². The monoisotopic (exact) mass is 254 g/mol. The van der Waals surface area contributed by atoms with E-state index in [-0.39, 0.29) is 0 Å². The van der Waals surface area contributed by atoms with Crippen molar-refractivity contribution in [2.24, 2.45) is 0 Å². The molecule has 100 valence electrons. The van der Waals surface area contributed by atoms with Gasteiger partial charge in [-0.25, -0.2) is 0 Å². The molecule has 2 nitrogen and oxygen atoms in total. The van der Waals surface area contributed by atoms with Crippen LogP contribution in [0.5, 0.6) is 0 Å². The first-order chi connectivity index (χ1) is 8.99. The molecule has 0 aliphatic heterocycles. The van der Waals surface area contributed by atoms with E-state index in [0.29, 0.717) is 0 Å². The maximum absolute atomic E-state index is 6.02. The summed E-state index contributed by atoms with van der Waals surface area (Å²) in [6.07, 6.45) is 0. The molecular weight excluding hydrogens is 232 g/mol. The standard InChI is InChI=1S/C17H22N2/c1-11-8-13(3)15(14(4)9-11)10-19-17-12(2)6-5-7-16(17)18/h5-9,19H,10,18H2,1-4H3. The minimum absolute atomic E-state index is 0.808. The molecule has 0 aliphatic carbocycles. The Kier molecular flexibility index (Phi) is 3.79. The lowest BCUT2D eigenvalue weighted by molar-refractivity contribution is 1.08. The number of hydrogen-bond donors (Lipinski definition) is 2. The van der Waals surface area contributed by atoms with Crippen LogP contribution in [-0.2, 0) is 6.54 Å². The number of aryl methyl sites for hydroxylation is 4. The smallest absolute Gasteiger partial charge is 0.0606 e. The Balaban J connectivity index is 2.24. The van der Waals surface area contributed by atoms with E-state index < -0.39 is 0 Å². The summed E-state index contributed by atoms with van der Waals surface area (Å²) in [5.41, 5.74) is 14.4. The third-order valence-electron chi connectivity index (χ3n) is 3.59. The van der Waals surface area contributed by atoms with Crippen molar-refractivity contribution in [2.75, 3.05) is 11.1 Å². The van der Waals surface area contributed by atoms with Crippen LogP contribution in [-0.4, -0.2) is 0 Å². The van der Waals surface area contributed by atoms with E-state index in [1.165, 1.54) is 27.8 Å². The number of rotatable bonds is 3.